The zero-order valence-corrected chi connectivity index (χ0v) is 14.5. The number of hydrogen-bond acceptors (Lipinski definition) is 2. The van der Waals surface area contributed by atoms with Gasteiger partial charge in [-0.2, -0.15) is 0 Å². The number of carbonyl (C=O) groups is 1. The Bertz CT molecular complexity index is 512. The Balaban J connectivity index is 1.94. The van der Waals surface area contributed by atoms with E-state index < -0.39 is 0 Å². The summed E-state index contributed by atoms with van der Waals surface area (Å²) in [6.45, 7) is 6.84. The third kappa shape index (κ3) is 4.33. The van der Waals surface area contributed by atoms with Crippen molar-refractivity contribution < 1.29 is 4.79 Å². The number of nitrogens with zero attached hydrogens (tertiary/aromatic N) is 1. The highest BCUT2D eigenvalue weighted by Gasteiger charge is 2.16. The molecule has 1 amide bonds. The van der Waals surface area contributed by atoms with E-state index in [2.05, 4.69) is 49.2 Å². The van der Waals surface area contributed by atoms with Crippen LogP contribution in [-0.4, -0.2) is 30.4 Å². The molecule has 3 nitrogen and oxygen atoms in total. The molecule has 1 aliphatic rings. The van der Waals surface area contributed by atoms with E-state index in [4.69, 9.17) is 0 Å². The summed E-state index contributed by atoms with van der Waals surface area (Å²) in [6, 6.07) is 7.22. The molecular formula is C19H30N2O. The molecule has 0 saturated heterocycles. The van der Waals surface area contributed by atoms with Crippen molar-refractivity contribution in [2.24, 2.45) is 0 Å². The molecule has 0 spiro atoms. The van der Waals surface area contributed by atoms with E-state index in [0.717, 1.165) is 6.42 Å². The quantitative estimate of drug-likeness (QED) is 0.872. The van der Waals surface area contributed by atoms with E-state index in [1.807, 2.05) is 7.05 Å². The number of nitrogens with one attached hydrogen (secondary N) is 1. The summed E-state index contributed by atoms with van der Waals surface area (Å²) in [6.07, 6.45) is 6.04. The van der Waals surface area contributed by atoms with Gasteiger partial charge in [-0.3, -0.25) is 9.69 Å². The maximum absolute atomic E-state index is 12.2. The lowest BCUT2D eigenvalue weighted by Gasteiger charge is -2.24. The second-order valence-corrected chi connectivity index (χ2v) is 6.70. The van der Waals surface area contributed by atoms with Gasteiger partial charge in [-0.1, -0.05) is 25.1 Å². The van der Waals surface area contributed by atoms with E-state index in [1.165, 1.54) is 42.4 Å². The second kappa shape index (κ2) is 7.77. The molecule has 1 aliphatic carbocycles. The van der Waals surface area contributed by atoms with E-state index in [1.54, 1.807) is 0 Å². The zero-order chi connectivity index (χ0) is 16.1. The first-order chi connectivity index (χ1) is 10.5. The molecule has 2 atom stereocenters. The number of fused-ring (bicyclic) bond motifs is 1. The lowest BCUT2D eigenvalue weighted by molar-refractivity contribution is -0.123. The summed E-state index contributed by atoms with van der Waals surface area (Å²) in [5.74, 6) is 0.105. The summed E-state index contributed by atoms with van der Waals surface area (Å²) >= 11 is 0. The van der Waals surface area contributed by atoms with Gasteiger partial charge in [0.25, 0.3) is 0 Å². The Hall–Kier alpha value is -1.35. The van der Waals surface area contributed by atoms with Crippen LogP contribution < -0.4 is 5.32 Å². The second-order valence-electron chi connectivity index (χ2n) is 6.70. The molecule has 1 aromatic rings. The lowest BCUT2D eigenvalue weighted by atomic mass is 9.89. The zero-order valence-electron chi connectivity index (χ0n) is 14.5. The number of likely N-dealkylation sites (N-methyl/N-ethyl adjacent to an activating group) is 1. The van der Waals surface area contributed by atoms with Crippen molar-refractivity contribution in [2.75, 3.05) is 13.6 Å². The highest BCUT2D eigenvalue weighted by atomic mass is 16.2. The normalized spacial score (nSPS) is 17.0. The Morgan fingerprint density at radius 3 is 2.59 bits per heavy atom. The van der Waals surface area contributed by atoms with Crippen molar-refractivity contribution in [3.63, 3.8) is 0 Å². The predicted octanol–water partition coefficient (Wildman–Crippen LogP) is 3.47. The molecule has 0 bridgehead atoms. The average Bonchev–Trinajstić information content (AvgIpc) is 2.53. The average molecular weight is 302 g/mol. The van der Waals surface area contributed by atoms with Crippen LogP contribution in [0.5, 0.6) is 0 Å². The molecule has 0 aliphatic heterocycles. The fourth-order valence-corrected chi connectivity index (χ4v) is 3.09. The number of hydrogen-bond donors (Lipinski definition) is 1. The van der Waals surface area contributed by atoms with E-state index in [9.17, 15) is 4.79 Å². The molecule has 22 heavy (non-hydrogen) atoms. The number of amides is 1. The molecule has 0 fully saturated rings. The summed E-state index contributed by atoms with van der Waals surface area (Å²) in [4.78, 5) is 14.3. The van der Waals surface area contributed by atoms with E-state index in [-0.39, 0.29) is 11.9 Å². The highest BCUT2D eigenvalue weighted by Crippen LogP contribution is 2.24. The lowest BCUT2D eigenvalue weighted by Crippen LogP contribution is -2.40. The number of rotatable bonds is 6. The Labute approximate surface area is 135 Å². The first kappa shape index (κ1) is 17.0. The first-order valence-corrected chi connectivity index (χ1v) is 8.62. The van der Waals surface area contributed by atoms with Crippen molar-refractivity contribution in [3.05, 3.63) is 34.9 Å². The molecule has 122 valence electrons. The molecule has 0 aromatic heterocycles. The Morgan fingerprint density at radius 2 is 1.91 bits per heavy atom. The van der Waals surface area contributed by atoms with E-state index in [0.29, 0.717) is 12.6 Å². The number of aryl methyl sites for hydroxylation is 2. The van der Waals surface area contributed by atoms with Crippen molar-refractivity contribution >= 4 is 5.91 Å². The third-order valence-corrected chi connectivity index (χ3v) is 4.99. The van der Waals surface area contributed by atoms with Gasteiger partial charge in [-0.25, -0.2) is 0 Å². The summed E-state index contributed by atoms with van der Waals surface area (Å²) < 4.78 is 0. The summed E-state index contributed by atoms with van der Waals surface area (Å²) in [5, 5.41) is 3.13. The van der Waals surface area contributed by atoms with Gasteiger partial charge in [0.2, 0.25) is 5.91 Å². The minimum atomic E-state index is 0.0741. The van der Waals surface area contributed by atoms with Crippen LogP contribution in [0, 0.1) is 0 Å². The topological polar surface area (TPSA) is 32.3 Å². The molecular weight excluding hydrogens is 272 g/mol. The summed E-state index contributed by atoms with van der Waals surface area (Å²) in [7, 11) is 2.01. The van der Waals surface area contributed by atoms with Gasteiger partial charge in [0.05, 0.1) is 12.6 Å². The molecule has 0 heterocycles. The van der Waals surface area contributed by atoms with Crippen LogP contribution in [0.3, 0.4) is 0 Å². The fraction of sp³-hybridized carbons (Fsp3) is 0.632. The van der Waals surface area contributed by atoms with Gasteiger partial charge in [0.1, 0.15) is 0 Å². The van der Waals surface area contributed by atoms with Crippen LogP contribution >= 0.6 is 0 Å². The van der Waals surface area contributed by atoms with Crippen molar-refractivity contribution in [1.82, 2.24) is 10.2 Å². The van der Waals surface area contributed by atoms with Gasteiger partial charge in [0, 0.05) is 6.04 Å². The fourth-order valence-electron chi connectivity index (χ4n) is 3.09. The predicted molar refractivity (Wildman–Crippen MR) is 92.0 cm³/mol. The van der Waals surface area contributed by atoms with Gasteiger partial charge in [0.15, 0.2) is 0 Å². The minimum Gasteiger partial charge on any atom is -0.348 e. The van der Waals surface area contributed by atoms with Crippen molar-refractivity contribution in [2.45, 2.75) is 65.0 Å². The molecule has 0 radical (unpaired) electrons. The van der Waals surface area contributed by atoms with Crippen molar-refractivity contribution in [1.29, 1.82) is 0 Å². The van der Waals surface area contributed by atoms with Gasteiger partial charge in [-0.05, 0) is 69.7 Å². The van der Waals surface area contributed by atoms with Crippen molar-refractivity contribution in [3.8, 4) is 0 Å². The van der Waals surface area contributed by atoms with Crippen LogP contribution in [-0.2, 0) is 17.6 Å². The van der Waals surface area contributed by atoms with Crippen LogP contribution in [0.25, 0.3) is 0 Å². The van der Waals surface area contributed by atoms with E-state index >= 15 is 0 Å². The molecule has 3 heteroatoms. The van der Waals surface area contributed by atoms with Crippen LogP contribution in [0.1, 0.15) is 62.8 Å². The largest absolute Gasteiger partial charge is 0.348 e. The maximum atomic E-state index is 12.2. The molecule has 2 rings (SSSR count). The van der Waals surface area contributed by atoms with Crippen LogP contribution in [0.2, 0.25) is 0 Å². The maximum Gasteiger partial charge on any atom is 0.234 e. The minimum absolute atomic E-state index is 0.0741. The number of carbonyl (C=O) groups excluding carboxylic acids is 1. The van der Waals surface area contributed by atoms with Crippen LogP contribution in [0.4, 0.5) is 0 Å². The standard InChI is InChI=1S/C19H30N2O/c1-5-14(2)21(4)13-19(22)20-15(3)17-11-10-16-8-6-7-9-18(16)12-17/h10-12,14-15H,5-9,13H2,1-4H3,(H,20,22). The van der Waals surface area contributed by atoms with Crippen LogP contribution in [0.15, 0.2) is 18.2 Å². The SMILES string of the molecule is CCC(C)N(C)CC(=O)NC(C)c1ccc2c(c1)CCCC2. The monoisotopic (exact) mass is 302 g/mol. The van der Waals surface area contributed by atoms with Gasteiger partial charge in [-0.15, -0.1) is 0 Å². The van der Waals surface area contributed by atoms with Gasteiger partial charge < -0.3 is 5.32 Å². The molecule has 0 saturated carbocycles. The highest BCUT2D eigenvalue weighted by molar-refractivity contribution is 5.78. The Morgan fingerprint density at radius 1 is 1.23 bits per heavy atom. The smallest absolute Gasteiger partial charge is 0.234 e. The first-order valence-electron chi connectivity index (χ1n) is 8.62. The van der Waals surface area contributed by atoms with Gasteiger partial charge >= 0.3 is 0 Å². The molecule has 1 aromatic carbocycles. The Kier molecular flexibility index (Phi) is 6.01. The third-order valence-electron chi connectivity index (χ3n) is 4.99. The molecule has 2 unspecified atom stereocenters. The summed E-state index contributed by atoms with van der Waals surface area (Å²) in [5.41, 5.74) is 4.19. The number of benzene rings is 1. The molecule has 1 N–H and O–H groups in total.